The highest BCUT2D eigenvalue weighted by Crippen LogP contribution is 2.45. The van der Waals surface area contributed by atoms with Gasteiger partial charge in [-0.25, -0.2) is 9.36 Å². The van der Waals surface area contributed by atoms with Gasteiger partial charge in [-0.05, 0) is 52.0 Å². The van der Waals surface area contributed by atoms with E-state index in [4.69, 9.17) is 18.5 Å². The van der Waals surface area contributed by atoms with Gasteiger partial charge in [0.15, 0.2) is 0 Å². The van der Waals surface area contributed by atoms with Crippen molar-refractivity contribution in [3.05, 3.63) is 64.7 Å². The van der Waals surface area contributed by atoms with Gasteiger partial charge in [-0.2, -0.15) is 5.09 Å². The van der Waals surface area contributed by atoms with Crippen LogP contribution in [0.3, 0.4) is 0 Å². The number of amides is 1. The van der Waals surface area contributed by atoms with Gasteiger partial charge in [0.2, 0.25) is 0 Å². The van der Waals surface area contributed by atoms with Crippen LogP contribution in [-0.2, 0) is 18.8 Å². The molecule has 1 unspecified atom stereocenters. The Kier molecular flexibility index (Phi) is 8.77. The van der Waals surface area contributed by atoms with E-state index < -0.39 is 42.5 Å². The lowest BCUT2D eigenvalue weighted by Crippen LogP contribution is -2.39. The molecule has 200 valence electrons. The summed E-state index contributed by atoms with van der Waals surface area (Å²) >= 11 is 0. The molecule has 0 bridgehead atoms. The first-order valence-electron chi connectivity index (χ1n) is 11.6. The Balaban J connectivity index is 1.66. The van der Waals surface area contributed by atoms with Gasteiger partial charge in [-0.1, -0.05) is 18.2 Å². The van der Waals surface area contributed by atoms with Crippen molar-refractivity contribution in [2.45, 2.75) is 51.9 Å². The standard InChI is InChI=1S/C24H30N3O9P/c1-17(22(28)33-21-14-15-26(16-21)23(29)34-24(2,3)4)25-37(32,35-19-8-6-5-7-9-19)36-20-12-10-18(11-13-20)27(30)31/h5-13,17,21H,14-16H2,1-4H3,(H,25,32)/t17-,21-,37?/m0/s1. The molecule has 1 heterocycles. The van der Waals surface area contributed by atoms with Crippen molar-refractivity contribution in [1.29, 1.82) is 0 Å². The Morgan fingerprint density at radius 3 is 2.24 bits per heavy atom. The second-order valence-electron chi connectivity index (χ2n) is 9.37. The highest BCUT2D eigenvalue weighted by molar-refractivity contribution is 7.52. The molecule has 1 fully saturated rings. The van der Waals surface area contributed by atoms with Gasteiger partial charge in [0.1, 0.15) is 29.2 Å². The van der Waals surface area contributed by atoms with Crippen LogP contribution in [0.5, 0.6) is 11.5 Å². The van der Waals surface area contributed by atoms with Gasteiger partial charge in [0, 0.05) is 25.1 Å². The van der Waals surface area contributed by atoms with E-state index in [-0.39, 0.29) is 23.7 Å². The summed E-state index contributed by atoms with van der Waals surface area (Å²) in [5.74, 6) is -0.480. The summed E-state index contributed by atoms with van der Waals surface area (Å²) in [7, 11) is -4.21. The molecule has 3 atom stereocenters. The van der Waals surface area contributed by atoms with E-state index in [1.54, 1.807) is 51.1 Å². The van der Waals surface area contributed by atoms with E-state index in [1.807, 2.05) is 0 Å². The summed E-state index contributed by atoms with van der Waals surface area (Å²) in [6.07, 6.45) is -0.626. The van der Waals surface area contributed by atoms with E-state index in [2.05, 4.69) is 5.09 Å². The second-order valence-corrected chi connectivity index (χ2v) is 11.0. The molecule has 13 heteroatoms. The van der Waals surface area contributed by atoms with Crippen LogP contribution in [0.4, 0.5) is 10.5 Å². The maximum Gasteiger partial charge on any atom is 0.513 e. The number of esters is 1. The van der Waals surface area contributed by atoms with Gasteiger partial charge in [-0.15, -0.1) is 0 Å². The second kappa shape index (κ2) is 11.6. The summed E-state index contributed by atoms with van der Waals surface area (Å²) in [6, 6.07) is 12.0. The molecule has 0 radical (unpaired) electrons. The molecule has 1 aliphatic rings. The number of hydrogen-bond donors (Lipinski definition) is 1. The smallest absolute Gasteiger partial charge is 0.459 e. The Bertz CT molecular complexity index is 1150. The zero-order valence-corrected chi connectivity index (χ0v) is 21.9. The van der Waals surface area contributed by atoms with E-state index in [9.17, 15) is 24.3 Å². The van der Waals surface area contributed by atoms with Crippen LogP contribution in [0.15, 0.2) is 54.6 Å². The van der Waals surface area contributed by atoms with Crippen LogP contribution in [0.2, 0.25) is 0 Å². The van der Waals surface area contributed by atoms with Gasteiger partial charge in [0.05, 0.1) is 11.5 Å². The number of likely N-dealkylation sites (tertiary alicyclic amines) is 1. The minimum Gasteiger partial charge on any atom is -0.459 e. The number of nitro groups is 1. The lowest BCUT2D eigenvalue weighted by molar-refractivity contribution is -0.384. The van der Waals surface area contributed by atoms with Gasteiger partial charge in [-0.3, -0.25) is 14.9 Å². The number of nitrogens with zero attached hydrogens (tertiary/aromatic N) is 2. The maximum absolute atomic E-state index is 13.6. The molecule has 0 saturated carbocycles. The molecule has 1 amide bonds. The van der Waals surface area contributed by atoms with Crippen LogP contribution >= 0.6 is 7.75 Å². The first-order chi connectivity index (χ1) is 17.3. The van der Waals surface area contributed by atoms with Crippen LogP contribution in [0, 0.1) is 10.1 Å². The largest absolute Gasteiger partial charge is 0.513 e. The Hall–Kier alpha value is -3.63. The Morgan fingerprint density at radius 1 is 1.08 bits per heavy atom. The SMILES string of the molecule is C[C@H](NP(=O)(Oc1ccccc1)Oc1ccc([N+](=O)[O-])cc1)C(=O)O[C@H]1CCN(C(=O)OC(C)(C)C)C1. The van der Waals surface area contributed by atoms with Crippen molar-refractivity contribution >= 4 is 25.5 Å². The summed E-state index contributed by atoms with van der Waals surface area (Å²) in [5, 5.41) is 13.5. The Morgan fingerprint density at radius 2 is 1.68 bits per heavy atom. The molecule has 3 rings (SSSR count). The average Bonchev–Trinajstić information content (AvgIpc) is 3.27. The van der Waals surface area contributed by atoms with Gasteiger partial charge >= 0.3 is 19.8 Å². The number of ether oxygens (including phenoxy) is 2. The van der Waals surface area contributed by atoms with Gasteiger partial charge < -0.3 is 23.4 Å². The number of para-hydroxylation sites is 1. The maximum atomic E-state index is 13.6. The van der Waals surface area contributed by atoms with Crippen LogP contribution in [-0.4, -0.2) is 52.7 Å². The summed E-state index contributed by atoms with van der Waals surface area (Å²) in [5.41, 5.74) is -0.818. The number of carbonyl (C=O) groups is 2. The molecule has 2 aromatic rings. The van der Waals surface area contributed by atoms with E-state index in [1.165, 1.54) is 36.1 Å². The number of nitro benzene ring substituents is 1. The average molecular weight is 535 g/mol. The zero-order chi connectivity index (χ0) is 27.2. The molecule has 0 aromatic heterocycles. The van der Waals surface area contributed by atoms with Gasteiger partial charge in [0.25, 0.3) is 5.69 Å². The normalized spacial score (nSPS) is 17.8. The molecule has 1 N–H and O–H groups in total. The summed E-state index contributed by atoms with van der Waals surface area (Å²) in [6.45, 7) is 7.27. The lowest BCUT2D eigenvalue weighted by atomic mass is 10.2. The lowest BCUT2D eigenvalue weighted by Gasteiger charge is -2.25. The topological polar surface area (TPSA) is 147 Å². The fourth-order valence-electron chi connectivity index (χ4n) is 3.33. The minimum absolute atomic E-state index is 0.0294. The van der Waals surface area contributed by atoms with Crippen molar-refractivity contribution in [2.24, 2.45) is 0 Å². The molecule has 12 nitrogen and oxygen atoms in total. The van der Waals surface area contributed by atoms with Crippen molar-refractivity contribution < 1.29 is 37.6 Å². The number of nitrogens with one attached hydrogen (secondary N) is 1. The summed E-state index contributed by atoms with van der Waals surface area (Å²) in [4.78, 5) is 36.8. The molecular formula is C24H30N3O9P. The number of non-ortho nitro benzene ring substituents is 1. The first kappa shape index (κ1) is 27.9. The molecule has 37 heavy (non-hydrogen) atoms. The third kappa shape index (κ3) is 8.47. The summed E-state index contributed by atoms with van der Waals surface area (Å²) < 4.78 is 35.6. The van der Waals surface area contributed by atoms with E-state index in [0.717, 1.165) is 0 Å². The predicted octanol–water partition coefficient (Wildman–Crippen LogP) is 4.69. The van der Waals surface area contributed by atoms with Crippen LogP contribution in [0.25, 0.3) is 0 Å². The molecular weight excluding hydrogens is 505 g/mol. The number of rotatable bonds is 9. The quantitative estimate of drug-likeness (QED) is 0.208. The third-order valence-corrected chi connectivity index (χ3v) is 6.63. The van der Waals surface area contributed by atoms with E-state index >= 15 is 0 Å². The molecule has 1 aliphatic heterocycles. The fraction of sp³-hybridized carbons (Fsp3) is 0.417. The van der Waals surface area contributed by atoms with Crippen molar-refractivity contribution in [3.8, 4) is 11.5 Å². The van der Waals surface area contributed by atoms with Crippen molar-refractivity contribution in [2.75, 3.05) is 13.1 Å². The van der Waals surface area contributed by atoms with Crippen LogP contribution in [0.1, 0.15) is 34.1 Å². The predicted molar refractivity (Wildman–Crippen MR) is 133 cm³/mol. The number of hydrogen-bond acceptors (Lipinski definition) is 9. The number of carbonyl (C=O) groups excluding carboxylic acids is 2. The third-order valence-electron chi connectivity index (χ3n) is 5.03. The molecule has 0 spiro atoms. The fourth-order valence-corrected chi connectivity index (χ4v) is 4.85. The molecule has 0 aliphatic carbocycles. The highest BCUT2D eigenvalue weighted by Gasteiger charge is 2.37. The van der Waals surface area contributed by atoms with E-state index in [0.29, 0.717) is 13.0 Å². The van der Waals surface area contributed by atoms with Crippen molar-refractivity contribution in [1.82, 2.24) is 9.99 Å². The number of benzene rings is 2. The first-order valence-corrected chi connectivity index (χ1v) is 13.1. The molecule has 1 saturated heterocycles. The zero-order valence-electron chi connectivity index (χ0n) is 21.0. The molecule has 2 aromatic carbocycles. The minimum atomic E-state index is -4.21. The Labute approximate surface area is 214 Å². The van der Waals surface area contributed by atoms with Crippen LogP contribution < -0.4 is 14.1 Å². The van der Waals surface area contributed by atoms with Crippen molar-refractivity contribution in [3.63, 3.8) is 0 Å². The monoisotopic (exact) mass is 535 g/mol. The highest BCUT2D eigenvalue weighted by atomic mass is 31.2.